The molecule has 1 fully saturated rings. The molecule has 0 spiro atoms. The third kappa shape index (κ3) is 2.75. The van der Waals surface area contributed by atoms with Crippen LogP contribution in [0.15, 0.2) is 18.6 Å². The quantitative estimate of drug-likeness (QED) is 0.718. The smallest absolute Gasteiger partial charge is 0.255 e. The van der Waals surface area contributed by atoms with Gasteiger partial charge in [-0.2, -0.15) is 5.10 Å². The number of rotatable bonds is 3. The number of aromatic nitrogens is 6. The van der Waals surface area contributed by atoms with E-state index in [2.05, 4.69) is 31.8 Å². The minimum atomic E-state index is 0.0399. The highest BCUT2D eigenvalue weighted by molar-refractivity contribution is 5.97. The summed E-state index contributed by atoms with van der Waals surface area (Å²) < 4.78 is 3.83. The van der Waals surface area contributed by atoms with Gasteiger partial charge in [-0.3, -0.25) is 9.48 Å². The number of piperidine rings is 1. The van der Waals surface area contributed by atoms with E-state index >= 15 is 0 Å². The van der Waals surface area contributed by atoms with Gasteiger partial charge < -0.3 is 9.47 Å². The Morgan fingerprint density at radius 3 is 2.81 bits per heavy atom. The van der Waals surface area contributed by atoms with E-state index in [4.69, 9.17) is 0 Å². The number of amides is 1. The highest BCUT2D eigenvalue weighted by Crippen LogP contribution is 2.27. The predicted octanol–water partition coefficient (Wildman–Crippen LogP) is 1.91. The van der Waals surface area contributed by atoms with Crippen LogP contribution in [0.3, 0.4) is 0 Å². The fourth-order valence-electron chi connectivity index (χ4n) is 3.77. The molecule has 1 aliphatic rings. The number of fused-ring (bicyclic) bond motifs is 1. The summed E-state index contributed by atoms with van der Waals surface area (Å²) in [5.41, 5.74) is 2.32. The molecule has 1 aliphatic heterocycles. The van der Waals surface area contributed by atoms with Crippen molar-refractivity contribution in [2.75, 3.05) is 13.1 Å². The fourth-order valence-corrected chi connectivity index (χ4v) is 3.77. The van der Waals surface area contributed by atoms with Crippen LogP contribution in [0.4, 0.5) is 0 Å². The van der Waals surface area contributed by atoms with Crippen LogP contribution in [0.25, 0.3) is 11.0 Å². The zero-order chi connectivity index (χ0) is 18.3. The maximum absolute atomic E-state index is 12.9. The molecular weight excluding hydrogens is 330 g/mol. The standard InChI is InChI=1S/C18H23N7O/c1-4-24-11-20-21-16(24)13-5-7-25(8-6-13)18(26)14-9-15-12(2)22-23(3)17(15)19-10-14/h9-11,13H,4-8H2,1-3H3. The van der Waals surface area contributed by atoms with Crippen molar-refractivity contribution >= 4 is 16.9 Å². The van der Waals surface area contributed by atoms with Gasteiger partial charge in [-0.25, -0.2) is 4.98 Å². The first-order valence-corrected chi connectivity index (χ1v) is 9.04. The molecule has 1 amide bonds. The van der Waals surface area contributed by atoms with Gasteiger partial charge in [0.15, 0.2) is 5.65 Å². The molecule has 0 aromatic carbocycles. The van der Waals surface area contributed by atoms with Crippen molar-refractivity contribution in [3.8, 4) is 0 Å². The summed E-state index contributed by atoms with van der Waals surface area (Å²) in [5.74, 6) is 1.44. The normalized spacial score (nSPS) is 15.7. The van der Waals surface area contributed by atoms with Crippen LogP contribution >= 0.6 is 0 Å². The highest BCUT2D eigenvalue weighted by Gasteiger charge is 2.27. The van der Waals surface area contributed by atoms with Gasteiger partial charge in [-0.05, 0) is 32.8 Å². The maximum atomic E-state index is 12.9. The van der Waals surface area contributed by atoms with Gasteiger partial charge in [0.2, 0.25) is 0 Å². The number of hydrogen-bond acceptors (Lipinski definition) is 5. The molecule has 0 radical (unpaired) electrons. The molecule has 0 aliphatic carbocycles. The van der Waals surface area contributed by atoms with Gasteiger partial charge in [0.05, 0.1) is 11.3 Å². The number of carbonyl (C=O) groups is 1. The summed E-state index contributed by atoms with van der Waals surface area (Å²) in [6.07, 6.45) is 5.26. The van der Waals surface area contributed by atoms with Gasteiger partial charge in [0, 0.05) is 44.2 Å². The lowest BCUT2D eigenvalue weighted by Crippen LogP contribution is -2.38. The molecule has 4 rings (SSSR count). The molecule has 4 heterocycles. The molecular formula is C18H23N7O. The topological polar surface area (TPSA) is 81.7 Å². The Morgan fingerprint density at radius 2 is 2.08 bits per heavy atom. The first kappa shape index (κ1) is 16.7. The van der Waals surface area contributed by atoms with Crippen LogP contribution in [0, 0.1) is 6.92 Å². The van der Waals surface area contributed by atoms with Crippen LogP contribution in [-0.2, 0) is 13.6 Å². The average molecular weight is 353 g/mol. The lowest BCUT2D eigenvalue weighted by Gasteiger charge is -2.31. The fraction of sp³-hybridized carbons (Fsp3) is 0.500. The number of carbonyl (C=O) groups excluding carboxylic acids is 1. The van der Waals surface area contributed by atoms with Crippen LogP contribution in [0.1, 0.15) is 47.6 Å². The Labute approximate surface area is 151 Å². The second-order valence-electron chi connectivity index (χ2n) is 6.85. The van der Waals surface area contributed by atoms with E-state index in [0.717, 1.165) is 55.0 Å². The van der Waals surface area contributed by atoms with Crippen molar-refractivity contribution in [1.29, 1.82) is 0 Å². The van der Waals surface area contributed by atoms with E-state index in [1.165, 1.54) is 0 Å². The number of likely N-dealkylation sites (tertiary alicyclic amines) is 1. The van der Waals surface area contributed by atoms with Gasteiger partial charge in [0.1, 0.15) is 12.2 Å². The molecule has 0 N–H and O–H groups in total. The van der Waals surface area contributed by atoms with E-state index < -0.39 is 0 Å². The third-order valence-electron chi connectivity index (χ3n) is 5.24. The van der Waals surface area contributed by atoms with Gasteiger partial charge >= 0.3 is 0 Å². The number of aryl methyl sites for hydroxylation is 3. The molecule has 0 saturated carbocycles. The number of hydrogen-bond donors (Lipinski definition) is 0. The molecule has 0 atom stereocenters. The lowest BCUT2D eigenvalue weighted by molar-refractivity contribution is 0.0710. The summed E-state index contributed by atoms with van der Waals surface area (Å²) in [6, 6.07) is 1.91. The van der Waals surface area contributed by atoms with Crippen LogP contribution in [0.5, 0.6) is 0 Å². The lowest BCUT2D eigenvalue weighted by atomic mass is 9.95. The number of pyridine rings is 1. The third-order valence-corrected chi connectivity index (χ3v) is 5.24. The van der Waals surface area contributed by atoms with Gasteiger partial charge in [-0.15, -0.1) is 10.2 Å². The molecule has 8 heteroatoms. The van der Waals surface area contributed by atoms with E-state index in [1.807, 2.05) is 24.9 Å². The molecule has 8 nitrogen and oxygen atoms in total. The minimum absolute atomic E-state index is 0.0399. The second kappa shape index (κ2) is 6.51. The Balaban J connectivity index is 1.49. The SMILES string of the molecule is CCn1cnnc1C1CCN(C(=O)c2cnc3c(c2)c(C)nn3C)CC1. The summed E-state index contributed by atoms with van der Waals surface area (Å²) >= 11 is 0. The Bertz CT molecular complexity index is 950. The molecule has 136 valence electrons. The van der Waals surface area contributed by atoms with Crippen LogP contribution in [0.2, 0.25) is 0 Å². The summed E-state index contributed by atoms with van der Waals surface area (Å²) in [6.45, 7) is 6.36. The Hall–Kier alpha value is -2.77. The number of nitrogens with zero attached hydrogens (tertiary/aromatic N) is 7. The predicted molar refractivity (Wildman–Crippen MR) is 96.8 cm³/mol. The summed E-state index contributed by atoms with van der Waals surface area (Å²) in [7, 11) is 1.86. The van der Waals surface area contributed by atoms with E-state index in [-0.39, 0.29) is 5.91 Å². The van der Waals surface area contributed by atoms with E-state index in [0.29, 0.717) is 11.5 Å². The molecule has 0 bridgehead atoms. The largest absolute Gasteiger partial charge is 0.339 e. The molecule has 0 unspecified atom stereocenters. The van der Waals surface area contributed by atoms with Crippen molar-refractivity contribution in [2.45, 2.75) is 39.2 Å². The molecule has 1 saturated heterocycles. The maximum Gasteiger partial charge on any atom is 0.255 e. The molecule has 3 aromatic heterocycles. The Kier molecular flexibility index (Phi) is 4.18. The van der Waals surface area contributed by atoms with E-state index in [9.17, 15) is 4.79 Å². The van der Waals surface area contributed by atoms with E-state index in [1.54, 1.807) is 17.2 Å². The monoisotopic (exact) mass is 353 g/mol. The van der Waals surface area contributed by atoms with Gasteiger partial charge in [-0.1, -0.05) is 0 Å². The van der Waals surface area contributed by atoms with Crippen molar-refractivity contribution in [1.82, 2.24) is 34.4 Å². The van der Waals surface area contributed by atoms with Crippen molar-refractivity contribution < 1.29 is 4.79 Å². The summed E-state index contributed by atoms with van der Waals surface area (Å²) in [4.78, 5) is 19.2. The first-order chi connectivity index (χ1) is 12.6. The van der Waals surface area contributed by atoms with Crippen LogP contribution in [-0.4, -0.2) is 53.4 Å². The van der Waals surface area contributed by atoms with Crippen LogP contribution < -0.4 is 0 Å². The Morgan fingerprint density at radius 1 is 1.31 bits per heavy atom. The summed E-state index contributed by atoms with van der Waals surface area (Å²) in [5, 5.41) is 13.6. The molecule has 3 aromatic rings. The van der Waals surface area contributed by atoms with Crippen molar-refractivity contribution in [3.05, 3.63) is 35.7 Å². The zero-order valence-electron chi connectivity index (χ0n) is 15.4. The van der Waals surface area contributed by atoms with Crippen molar-refractivity contribution in [2.24, 2.45) is 7.05 Å². The van der Waals surface area contributed by atoms with Crippen molar-refractivity contribution in [3.63, 3.8) is 0 Å². The zero-order valence-corrected chi connectivity index (χ0v) is 15.4. The average Bonchev–Trinajstić information content (AvgIpc) is 3.25. The molecule has 26 heavy (non-hydrogen) atoms. The van der Waals surface area contributed by atoms with Gasteiger partial charge in [0.25, 0.3) is 5.91 Å². The second-order valence-corrected chi connectivity index (χ2v) is 6.85. The minimum Gasteiger partial charge on any atom is -0.339 e. The highest BCUT2D eigenvalue weighted by atomic mass is 16.2. The first-order valence-electron chi connectivity index (χ1n) is 9.04.